The molecule has 1 aliphatic carbocycles. The van der Waals surface area contributed by atoms with E-state index >= 15 is 0 Å². The molecule has 0 saturated heterocycles. The summed E-state index contributed by atoms with van der Waals surface area (Å²) in [6, 6.07) is 17.7. The lowest BCUT2D eigenvalue weighted by Gasteiger charge is -2.13. The lowest BCUT2D eigenvalue weighted by Crippen LogP contribution is -2.32. The number of aromatic nitrogens is 2. The summed E-state index contributed by atoms with van der Waals surface area (Å²) in [5.41, 5.74) is 8.89. The number of benzene rings is 3. The summed E-state index contributed by atoms with van der Waals surface area (Å²) >= 11 is 6.30. The van der Waals surface area contributed by atoms with Crippen molar-refractivity contribution < 1.29 is 17.9 Å². The molecule has 0 fully saturated rings. The van der Waals surface area contributed by atoms with E-state index in [1.54, 1.807) is 18.2 Å². The second-order valence-electron chi connectivity index (χ2n) is 10.3. The van der Waals surface area contributed by atoms with Crippen molar-refractivity contribution in [2.24, 2.45) is 0 Å². The predicted molar refractivity (Wildman–Crippen MR) is 162 cm³/mol. The van der Waals surface area contributed by atoms with Gasteiger partial charge in [0.2, 0.25) is 0 Å². The van der Waals surface area contributed by atoms with Crippen molar-refractivity contribution in [1.82, 2.24) is 14.9 Å². The zero-order valence-electron chi connectivity index (χ0n) is 23.5. The summed E-state index contributed by atoms with van der Waals surface area (Å²) in [7, 11) is -4.03. The molecule has 3 aromatic carbocycles. The minimum atomic E-state index is -4.03. The fraction of sp³-hybridized carbons (Fsp3) is 0.250. The van der Waals surface area contributed by atoms with Crippen LogP contribution in [0.25, 0.3) is 16.7 Å². The topological polar surface area (TPSA) is 101 Å². The summed E-state index contributed by atoms with van der Waals surface area (Å²) in [5, 5.41) is 8.13. The van der Waals surface area contributed by atoms with Gasteiger partial charge in [0, 0.05) is 28.3 Å². The Hall–Kier alpha value is -3.88. The van der Waals surface area contributed by atoms with Crippen LogP contribution in [0.3, 0.4) is 0 Å². The summed E-state index contributed by atoms with van der Waals surface area (Å²) in [6.45, 7) is 8.22. The third-order valence-electron chi connectivity index (χ3n) is 7.42. The van der Waals surface area contributed by atoms with Gasteiger partial charge in [0.05, 0.1) is 17.2 Å². The number of allylic oxidation sites excluding steroid dienone is 1. The Labute approximate surface area is 245 Å². The van der Waals surface area contributed by atoms with Crippen molar-refractivity contribution in [3.8, 4) is 16.9 Å². The zero-order chi connectivity index (χ0) is 29.3. The maximum Gasteiger partial charge on any atom is 0.264 e. The third kappa shape index (κ3) is 5.80. The van der Waals surface area contributed by atoms with Crippen LogP contribution in [0.4, 0.5) is 0 Å². The molecular weight excluding hydrogens is 558 g/mol. The number of rotatable bonds is 9. The first-order valence-electron chi connectivity index (χ1n) is 13.4. The Bertz CT molecular complexity index is 1730. The molecule has 5 rings (SSSR count). The van der Waals surface area contributed by atoms with Gasteiger partial charge in [-0.25, -0.2) is 13.1 Å². The Kier molecular flexibility index (Phi) is 8.07. The fourth-order valence-electron chi connectivity index (χ4n) is 5.46. The standard InChI is InChI=1S/C32H32ClN3O4S/c1-19-16-23(17-20(2)31(19)33)40-15-9-14-26-25-12-8-13-27(30-21(3)34-35-22(30)4)28(25)18-29(26)32(37)36-41(38,39)24-10-6-5-7-11-24/h5-8,10-13,16-17H,9,14-15,18H2,1-4H3,(H,34,35)(H,36,37). The van der Waals surface area contributed by atoms with Gasteiger partial charge in [0.25, 0.3) is 15.9 Å². The Balaban J connectivity index is 1.44. The number of amides is 1. The first-order chi connectivity index (χ1) is 19.6. The molecule has 4 aromatic rings. The van der Waals surface area contributed by atoms with Crippen molar-refractivity contribution >= 4 is 33.1 Å². The first kappa shape index (κ1) is 28.6. The molecule has 1 aromatic heterocycles. The molecule has 0 spiro atoms. The van der Waals surface area contributed by atoms with E-state index in [-0.39, 0.29) is 4.90 Å². The number of carbonyl (C=O) groups is 1. The molecule has 7 nitrogen and oxygen atoms in total. The van der Waals surface area contributed by atoms with Gasteiger partial charge in [-0.05, 0) is 98.2 Å². The van der Waals surface area contributed by atoms with Gasteiger partial charge >= 0.3 is 0 Å². The average molecular weight is 590 g/mol. The fourth-order valence-corrected chi connectivity index (χ4v) is 6.57. The maximum absolute atomic E-state index is 13.6. The molecule has 0 atom stereocenters. The van der Waals surface area contributed by atoms with Gasteiger partial charge in [-0.1, -0.05) is 48.0 Å². The highest BCUT2D eigenvalue weighted by Gasteiger charge is 2.31. The van der Waals surface area contributed by atoms with E-state index < -0.39 is 15.9 Å². The lowest BCUT2D eigenvalue weighted by atomic mass is 9.93. The van der Waals surface area contributed by atoms with Crippen molar-refractivity contribution in [2.45, 2.75) is 51.9 Å². The number of aryl methyl sites for hydroxylation is 4. The van der Waals surface area contributed by atoms with Crippen LogP contribution in [-0.4, -0.2) is 31.1 Å². The number of H-pyrrole nitrogens is 1. The van der Waals surface area contributed by atoms with E-state index in [2.05, 4.69) is 14.9 Å². The van der Waals surface area contributed by atoms with Gasteiger partial charge in [-0.2, -0.15) is 5.10 Å². The van der Waals surface area contributed by atoms with Crippen LogP contribution in [0.5, 0.6) is 5.75 Å². The number of aromatic amines is 1. The number of hydrogen-bond donors (Lipinski definition) is 2. The molecule has 0 unspecified atom stereocenters. The van der Waals surface area contributed by atoms with Crippen LogP contribution in [-0.2, 0) is 21.2 Å². The Morgan fingerprint density at radius 2 is 1.68 bits per heavy atom. The van der Waals surface area contributed by atoms with Crippen molar-refractivity contribution in [1.29, 1.82) is 0 Å². The highest BCUT2D eigenvalue weighted by atomic mass is 35.5. The van der Waals surface area contributed by atoms with Crippen LogP contribution in [0, 0.1) is 27.7 Å². The predicted octanol–water partition coefficient (Wildman–Crippen LogP) is 6.64. The number of halogens is 1. The van der Waals surface area contributed by atoms with Crippen molar-refractivity contribution in [2.75, 3.05) is 6.61 Å². The van der Waals surface area contributed by atoms with Gasteiger partial charge in [0.1, 0.15) is 5.75 Å². The number of nitrogens with one attached hydrogen (secondary N) is 2. The molecule has 0 bridgehead atoms. The number of hydrogen-bond acceptors (Lipinski definition) is 5. The molecule has 9 heteroatoms. The molecule has 0 aliphatic heterocycles. The molecule has 1 aliphatic rings. The van der Waals surface area contributed by atoms with Crippen LogP contribution < -0.4 is 9.46 Å². The van der Waals surface area contributed by atoms with Crippen LogP contribution in [0.1, 0.15) is 46.5 Å². The van der Waals surface area contributed by atoms with Crippen molar-refractivity contribution in [3.05, 3.63) is 105 Å². The van der Waals surface area contributed by atoms with E-state index in [0.29, 0.717) is 31.4 Å². The lowest BCUT2D eigenvalue weighted by molar-refractivity contribution is -0.115. The Morgan fingerprint density at radius 1 is 1.00 bits per heavy atom. The monoisotopic (exact) mass is 589 g/mol. The molecule has 0 radical (unpaired) electrons. The SMILES string of the molecule is Cc1cc(OCCCC2=C(C(=O)NS(=O)(=O)c3ccccc3)Cc3c2cccc3-c2c(C)n[nH]c2C)cc(C)c1Cl. The summed E-state index contributed by atoms with van der Waals surface area (Å²) in [5.74, 6) is 0.127. The van der Waals surface area contributed by atoms with Crippen LogP contribution >= 0.6 is 11.6 Å². The van der Waals surface area contributed by atoms with Crippen LogP contribution in [0.2, 0.25) is 5.02 Å². The largest absolute Gasteiger partial charge is 0.494 e. The molecule has 2 N–H and O–H groups in total. The summed E-state index contributed by atoms with van der Waals surface area (Å²) < 4.78 is 34.4. The van der Waals surface area contributed by atoms with E-state index in [4.69, 9.17) is 16.3 Å². The van der Waals surface area contributed by atoms with Gasteiger partial charge in [0.15, 0.2) is 0 Å². The number of fused-ring (bicyclic) bond motifs is 1. The second kappa shape index (κ2) is 11.5. The van der Waals surface area contributed by atoms with E-state index in [0.717, 1.165) is 61.1 Å². The normalized spacial score (nSPS) is 12.9. The zero-order valence-corrected chi connectivity index (χ0v) is 25.0. The number of nitrogens with zero attached hydrogens (tertiary/aromatic N) is 1. The van der Waals surface area contributed by atoms with E-state index in [9.17, 15) is 13.2 Å². The molecule has 212 valence electrons. The highest BCUT2D eigenvalue weighted by molar-refractivity contribution is 7.90. The quantitative estimate of drug-likeness (QED) is 0.213. The molecular formula is C32H32ClN3O4S. The number of carbonyl (C=O) groups excluding carboxylic acids is 1. The van der Waals surface area contributed by atoms with Gasteiger partial charge < -0.3 is 4.74 Å². The summed E-state index contributed by atoms with van der Waals surface area (Å²) in [4.78, 5) is 13.6. The average Bonchev–Trinajstić information content (AvgIpc) is 3.49. The second-order valence-corrected chi connectivity index (χ2v) is 12.4. The van der Waals surface area contributed by atoms with E-state index in [1.165, 1.54) is 12.1 Å². The molecule has 1 amide bonds. The first-order valence-corrected chi connectivity index (χ1v) is 15.3. The van der Waals surface area contributed by atoms with E-state index in [1.807, 2.05) is 58.0 Å². The van der Waals surface area contributed by atoms with Crippen LogP contribution in [0.15, 0.2) is 71.1 Å². The van der Waals surface area contributed by atoms with Gasteiger partial charge in [-0.3, -0.25) is 9.89 Å². The van der Waals surface area contributed by atoms with Gasteiger partial charge in [-0.15, -0.1) is 0 Å². The summed E-state index contributed by atoms with van der Waals surface area (Å²) in [6.07, 6.45) is 1.49. The highest BCUT2D eigenvalue weighted by Crippen LogP contribution is 2.42. The molecule has 41 heavy (non-hydrogen) atoms. The minimum Gasteiger partial charge on any atom is -0.494 e. The third-order valence-corrected chi connectivity index (χ3v) is 9.36. The van der Waals surface area contributed by atoms with Crippen molar-refractivity contribution in [3.63, 3.8) is 0 Å². The number of ether oxygens (including phenoxy) is 1. The Morgan fingerprint density at radius 3 is 2.34 bits per heavy atom. The molecule has 1 heterocycles. The number of sulfonamides is 1. The maximum atomic E-state index is 13.6. The molecule has 0 saturated carbocycles. The smallest absolute Gasteiger partial charge is 0.264 e. The minimum absolute atomic E-state index is 0.0401.